The van der Waals surface area contributed by atoms with E-state index in [0.29, 0.717) is 27.1 Å². The molecule has 1 atom stereocenters. The van der Waals surface area contributed by atoms with E-state index in [9.17, 15) is 9.59 Å². The summed E-state index contributed by atoms with van der Waals surface area (Å²) in [5.41, 5.74) is 1.08. The molecule has 2 amide bonds. The molecule has 2 aromatic rings. The van der Waals surface area contributed by atoms with E-state index >= 15 is 0 Å². The van der Waals surface area contributed by atoms with E-state index < -0.39 is 11.6 Å². The topological polar surface area (TPSA) is 49.4 Å². The summed E-state index contributed by atoms with van der Waals surface area (Å²) in [5.74, 6) is -0.417. The summed E-state index contributed by atoms with van der Waals surface area (Å²) in [6.07, 6.45) is 0.678. The van der Waals surface area contributed by atoms with Gasteiger partial charge in [-0.15, -0.1) is 0 Å². The molecule has 0 aromatic heterocycles. The van der Waals surface area contributed by atoms with E-state index in [2.05, 4.69) is 5.32 Å². The molecule has 4 nitrogen and oxygen atoms in total. The van der Waals surface area contributed by atoms with Gasteiger partial charge >= 0.3 is 0 Å². The van der Waals surface area contributed by atoms with Crippen LogP contribution in [0, 0.1) is 0 Å². The molecule has 0 aliphatic rings. The monoisotopic (exact) mass is 468 g/mol. The van der Waals surface area contributed by atoms with Gasteiger partial charge in [0, 0.05) is 39.1 Å². The molecule has 0 spiro atoms. The van der Waals surface area contributed by atoms with Gasteiger partial charge in [-0.3, -0.25) is 9.59 Å². The normalized spacial score (nSPS) is 12.4. The van der Waals surface area contributed by atoms with E-state index in [4.69, 9.17) is 34.8 Å². The highest BCUT2D eigenvalue weighted by Crippen LogP contribution is 2.27. The molecule has 0 radical (unpaired) electrons. The summed E-state index contributed by atoms with van der Waals surface area (Å²) in [5, 5.41) is 4.45. The number of nitrogens with zero attached hydrogens (tertiary/aromatic N) is 1. The van der Waals surface area contributed by atoms with Crippen molar-refractivity contribution in [2.45, 2.75) is 58.7 Å². The van der Waals surface area contributed by atoms with Crippen LogP contribution >= 0.6 is 34.8 Å². The van der Waals surface area contributed by atoms with Gasteiger partial charge in [-0.05, 0) is 57.9 Å². The van der Waals surface area contributed by atoms with Crippen molar-refractivity contribution in [1.82, 2.24) is 10.2 Å². The Hall–Kier alpha value is -1.75. The van der Waals surface area contributed by atoms with Crippen LogP contribution in [-0.2, 0) is 22.6 Å². The first-order valence-electron chi connectivity index (χ1n) is 9.77. The Kier molecular flexibility index (Phi) is 8.60. The van der Waals surface area contributed by atoms with E-state index in [0.717, 1.165) is 5.56 Å². The Morgan fingerprint density at radius 3 is 2.10 bits per heavy atom. The van der Waals surface area contributed by atoms with Gasteiger partial charge in [0.1, 0.15) is 6.04 Å². The van der Waals surface area contributed by atoms with Crippen LogP contribution in [0.4, 0.5) is 0 Å². The van der Waals surface area contributed by atoms with Crippen LogP contribution in [0.2, 0.25) is 15.1 Å². The zero-order valence-corrected chi connectivity index (χ0v) is 19.9. The molecule has 0 aliphatic carbocycles. The Bertz CT molecular complexity index is 889. The fraction of sp³-hybridized carbons (Fsp3) is 0.391. The molecule has 1 unspecified atom stereocenters. The number of benzene rings is 2. The summed E-state index contributed by atoms with van der Waals surface area (Å²) in [6.45, 7) is 7.53. The predicted octanol–water partition coefficient (Wildman–Crippen LogP) is 5.91. The molecule has 0 bridgehead atoms. The Balaban J connectivity index is 2.26. The third-order valence-corrected chi connectivity index (χ3v) is 5.70. The van der Waals surface area contributed by atoms with Gasteiger partial charge in [0.2, 0.25) is 11.8 Å². The van der Waals surface area contributed by atoms with Gasteiger partial charge in [0.25, 0.3) is 0 Å². The number of nitrogens with one attached hydrogen (secondary N) is 1. The maximum absolute atomic E-state index is 13.2. The Labute approximate surface area is 193 Å². The van der Waals surface area contributed by atoms with Gasteiger partial charge < -0.3 is 10.2 Å². The van der Waals surface area contributed by atoms with Crippen LogP contribution in [0.5, 0.6) is 0 Å². The van der Waals surface area contributed by atoms with Gasteiger partial charge in [-0.25, -0.2) is 0 Å². The minimum Gasteiger partial charge on any atom is -0.350 e. The van der Waals surface area contributed by atoms with Crippen molar-refractivity contribution in [1.29, 1.82) is 0 Å². The molecule has 0 saturated heterocycles. The highest BCUT2D eigenvalue weighted by atomic mass is 35.5. The minimum atomic E-state index is -0.699. The third-order valence-electron chi connectivity index (χ3n) is 4.62. The first-order chi connectivity index (χ1) is 14.0. The molecular weight excluding hydrogens is 443 g/mol. The predicted molar refractivity (Wildman–Crippen MR) is 124 cm³/mol. The summed E-state index contributed by atoms with van der Waals surface area (Å²) in [7, 11) is 0. The number of carbonyl (C=O) groups is 2. The molecule has 0 heterocycles. The van der Waals surface area contributed by atoms with E-state index in [1.54, 1.807) is 31.2 Å². The number of hydrogen-bond donors (Lipinski definition) is 1. The van der Waals surface area contributed by atoms with E-state index in [1.807, 2.05) is 39.0 Å². The van der Waals surface area contributed by atoms with Crippen molar-refractivity contribution >= 4 is 46.6 Å². The largest absolute Gasteiger partial charge is 0.350 e. The summed E-state index contributed by atoms with van der Waals surface area (Å²) < 4.78 is 0. The zero-order valence-electron chi connectivity index (χ0n) is 17.6. The number of halogens is 3. The first kappa shape index (κ1) is 24.5. The lowest BCUT2D eigenvalue weighted by Crippen LogP contribution is -2.52. The number of carbonyl (C=O) groups excluding carboxylic acids is 2. The van der Waals surface area contributed by atoms with Gasteiger partial charge in [-0.1, -0.05) is 59.1 Å². The fourth-order valence-corrected chi connectivity index (χ4v) is 3.74. The van der Waals surface area contributed by atoms with Crippen molar-refractivity contribution < 1.29 is 9.59 Å². The average Bonchev–Trinajstić information content (AvgIpc) is 2.65. The zero-order chi connectivity index (χ0) is 22.5. The van der Waals surface area contributed by atoms with E-state index in [1.165, 1.54) is 4.90 Å². The standard InChI is InChI=1S/C23H27Cl3N2O2/c1-15(22(30)27-23(2,3)4)28(14-17-19(25)10-7-11-20(17)26)21(29)13-12-16-8-5-6-9-18(16)24/h5-11,15H,12-14H2,1-4H3,(H,27,30). The number of rotatable bonds is 7. The summed E-state index contributed by atoms with van der Waals surface area (Å²) in [6, 6.07) is 11.9. The molecule has 162 valence electrons. The van der Waals surface area contributed by atoms with Gasteiger partial charge in [0.05, 0.1) is 0 Å². The second-order valence-electron chi connectivity index (χ2n) is 8.23. The van der Waals surface area contributed by atoms with Crippen LogP contribution < -0.4 is 5.32 Å². The molecule has 2 rings (SSSR count). The second kappa shape index (κ2) is 10.5. The maximum Gasteiger partial charge on any atom is 0.242 e. The molecule has 0 fully saturated rings. The smallest absolute Gasteiger partial charge is 0.242 e. The molecule has 1 N–H and O–H groups in total. The number of aryl methyl sites for hydroxylation is 1. The minimum absolute atomic E-state index is 0.137. The molecule has 7 heteroatoms. The van der Waals surface area contributed by atoms with Crippen molar-refractivity contribution in [3.05, 3.63) is 68.7 Å². The van der Waals surface area contributed by atoms with Gasteiger partial charge in [0.15, 0.2) is 0 Å². The molecule has 0 aliphatic heterocycles. The highest BCUT2D eigenvalue weighted by molar-refractivity contribution is 6.36. The fourth-order valence-electron chi connectivity index (χ4n) is 3.00. The lowest BCUT2D eigenvalue weighted by Gasteiger charge is -2.32. The maximum atomic E-state index is 13.2. The average molecular weight is 470 g/mol. The Morgan fingerprint density at radius 2 is 1.53 bits per heavy atom. The molecule has 30 heavy (non-hydrogen) atoms. The van der Waals surface area contributed by atoms with Gasteiger partial charge in [-0.2, -0.15) is 0 Å². The summed E-state index contributed by atoms with van der Waals surface area (Å²) >= 11 is 18.9. The van der Waals surface area contributed by atoms with Crippen molar-refractivity contribution in [2.24, 2.45) is 0 Å². The molecule has 2 aromatic carbocycles. The molecule has 0 saturated carbocycles. The highest BCUT2D eigenvalue weighted by Gasteiger charge is 2.29. The van der Waals surface area contributed by atoms with E-state index in [-0.39, 0.29) is 24.8 Å². The quantitative estimate of drug-likeness (QED) is 0.548. The SMILES string of the molecule is CC(C(=O)NC(C)(C)C)N(Cc1c(Cl)cccc1Cl)C(=O)CCc1ccccc1Cl. The third kappa shape index (κ3) is 6.90. The van der Waals surface area contributed by atoms with Crippen LogP contribution in [0.25, 0.3) is 0 Å². The lowest BCUT2D eigenvalue weighted by atomic mass is 10.1. The van der Waals surface area contributed by atoms with Crippen LogP contribution in [0.15, 0.2) is 42.5 Å². The van der Waals surface area contributed by atoms with Crippen LogP contribution in [0.1, 0.15) is 45.2 Å². The second-order valence-corrected chi connectivity index (χ2v) is 9.45. The lowest BCUT2D eigenvalue weighted by molar-refractivity contribution is -0.141. The number of hydrogen-bond acceptors (Lipinski definition) is 2. The molecular formula is C23H27Cl3N2O2. The first-order valence-corrected chi connectivity index (χ1v) is 10.9. The van der Waals surface area contributed by atoms with Crippen molar-refractivity contribution in [2.75, 3.05) is 0 Å². The Morgan fingerprint density at radius 1 is 0.967 bits per heavy atom. The number of amides is 2. The van der Waals surface area contributed by atoms with Crippen LogP contribution in [-0.4, -0.2) is 28.3 Å². The van der Waals surface area contributed by atoms with Crippen LogP contribution in [0.3, 0.4) is 0 Å². The van der Waals surface area contributed by atoms with Crippen molar-refractivity contribution in [3.63, 3.8) is 0 Å². The van der Waals surface area contributed by atoms with Crippen molar-refractivity contribution in [3.8, 4) is 0 Å². The summed E-state index contributed by atoms with van der Waals surface area (Å²) in [4.78, 5) is 27.5.